The summed E-state index contributed by atoms with van der Waals surface area (Å²) in [6, 6.07) is 2.56. The molecule has 1 aliphatic rings. The lowest BCUT2D eigenvalue weighted by Crippen LogP contribution is -2.57. The van der Waals surface area contributed by atoms with Crippen LogP contribution in [0.3, 0.4) is 0 Å². The Morgan fingerprint density at radius 3 is 1.92 bits per heavy atom. The number of carbonyl (C=O) groups excluding carboxylic acids is 3. The first-order valence-electron chi connectivity index (χ1n) is 13.3. The van der Waals surface area contributed by atoms with Crippen molar-refractivity contribution in [1.29, 1.82) is 0 Å². The molecule has 3 amide bonds. The normalized spacial score (nSPS) is 17.3. The van der Waals surface area contributed by atoms with Crippen molar-refractivity contribution in [3.8, 4) is 5.75 Å². The van der Waals surface area contributed by atoms with E-state index >= 15 is 0 Å². The molecule has 38 heavy (non-hydrogen) atoms. The Morgan fingerprint density at radius 2 is 1.42 bits per heavy atom. The summed E-state index contributed by atoms with van der Waals surface area (Å²) in [6.45, 7) is 1.60. The Labute approximate surface area is 223 Å². The van der Waals surface area contributed by atoms with E-state index in [0.717, 1.165) is 13.0 Å². The second-order valence-electron chi connectivity index (χ2n) is 9.61. The molecular formula is C26H42N6O6. The first-order chi connectivity index (χ1) is 18.2. The molecule has 1 saturated heterocycles. The molecule has 10 N–H and O–H groups in total. The molecule has 0 radical (unpaired) electrons. The number of rotatable bonds is 17. The minimum atomic E-state index is -1.24. The number of nitrogens with one attached hydrogen (secondary N) is 4. The highest BCUT2D eigenvalue weighted by Gasteiger charge is 2.31. The minimum absolute atomic E-state index is 0.00300. The third-order valence-electron chi connectivity index (χ3n) is 6.53. The monoisotopic (exact) mass is 534 g/mol. The number of hydrogen-bond acceptors (Lipinski definition) is 8. The molecule has 4 unspecified atom stereocenters. The number of phenols is 1. The number of nitrogens with two attached hydrogens (primary N) is 2. The molecule has 1 aromatic rings. The van der Waals surface area contributed by atoms with Crippen molar-refractivity contribution < 1.29 is 29.4 Å². The van der Waals surface area contributed by atoms with Crippen LogP contribution in [0.5, 0.6) is 5.75 Å². The van der Waals surface area contributed by atoms with E-state index in [1.807, 2.05) is 0 Å². The molecule has 1 fully saturated rings. The van der Waals surface area contributed by atoms with Crippen molar-refractivity contribution in [2.45, 2.75) is 82.0 Å². The van der Waals surface area contributed by atoms with Gasteiger partial charge >= 0.3 is 5.97 Å². The molecule has 0 bridgehead atoms. The topological polar surface area (TPSA) is 209 Å². The maximum Gasteiger partial charge on any atom is 0.326 e. The predicted octanol–water partition coefficient (Wildman–Crippen LogP) is -0.516. The second kappa shape index (κ2) is 16.6. The zero-order valence-corrected chi connectivity index (χ0v) is 21.8. The van der Waals surface area contributed by atoms with Crippen molar-refractivity contribution >= 4 is 23.7 Å². The van der Waals surface area contributed by atoms with Crippen molar-refractivity contribution in [3.05, 3.63) is 29.8 Å². The summed E-state index contributed by atoms with van der Waals surface area (Å²) in [5, 5.41) is 30.3. The zero-order chi connectivity index (χ0) is 27.9. The fourth-order valence-corrected chi connectivity index (χ4v) is 4.32. The van der Waals surface area contributed by atoms with Gasteiger partial charge in [-0.1, -0.05) is 12.1 Å². The van der Waals surface area contributed by atoms with Crippen LogP contribution < -0.4 is 32.7 Å². The third kappa shape index (κ3) is 10.6. The fraction of sp³-hybridized carbons (Fsp3) is 0.615. The number of phenolic OH excluding ortho intramolecular Hbond substituents is 1. The molecule has 0 saturated carbocycles. The van der Waals surface area contributed by atoms with Gasteiger partial charge in [-0.05, 0) is 88.7 Å². The Hall–Kier alpha value is -3.22. The number of aromatic hydroxyl groups is 1. The molecule has 0 aliphatic carbocycles. The molecule has 4 atom stereocenters. The highest BCUT2D eigenvalue weighted by atomic mass is 16.4. The van der Waals surface area contributed by atoms with Crippen LogP contribution in [-0.2, 0) is 25.6 Å². The molecule has 12 heteroatoms. The summed E-state index contributed by atoms with van der Waals surface area (Å²) in [6.07, 6.45) is 4.64. The van der Waals surface area contributed by atoms with E-state index in [4.69, 9.17) is 11.5 Å². The van der Waals surface area contributed by atoms with Crippen LogP contribution in [0.2, 0.25) is 0 Å². The van der Waals surface area contributed by atoms with Crippen LogP contribution in [0.4, 0.5) is 0 Å². The van der Waals surface area contributed by atoms with Gasteiger partial charge in [-0.3, -0.25) is 14.4 Å². The molecule has 2 rings (SSSR count). The van der Waals surface area contributed by atoms with Gasteiger partial charge < -0.3 is 42.9 Å². The lowest BCUT2D eigenvalue weighted by Gasteiger charge is -2.25. The molecule has 12 nitrogen and oxygen atoms in total. The molecule has 1 aliphatic heterocycles. The smallest absolute Gasteiger partial charge is 0.326 e. The summed E-state index contributed by atoms with van der Waals surface area (Å²) in [4.78, 5) is 51.0. The highest BCUT2D eigenvalue weighted by molar-refractivity contribution is 5.94. The second-order valence-corrected chi connectivity index (χ2v) is 9.61. The number of carbonyl (C=O) groups is 4. The van der Waals surface area contributed by atoms with E-state index in [0.29, 0.717) is 57.2 Å². The van der Waals surface area contributed by atoms with Crippen LogP contribution in [0, 0.1) is 0 Å². The van der Waals surface area contributed by atoms with Gasteiger partial charge in [0.2, 0.25) is 17.7 Å². The average Bonchev–Trinajstić information content (AvgIpc) is 3.43. The van der Waals surface area contributed by atoms with Crippen molar-refractivity contribution in [3.63, 3.8) is 0 Å². The lowest BCUT2D eigenvalue weighted by atomic mass is 10.0. The third-order valence-corrected chi connectivity index (χ3v) is 6.53. The summed E-state index contributed by atoms with van der Waals surface area (Å²) in [5.74, 6) is -2.59. The number of aliphatic carboxylic acids is 1. The number of amides is 3. The summed E-state index contributed by atoms with van der Waals surface area (Å²) < 4.78 is 0. The van der Waals surface area contributed by atoms with Crippen LogP contribution in [0.15, 0.2) is 24.3 Å². The van der Waals surface area contributed by atoms with Gasteiger partial charge in [-0.15, -0.1) is 0 Å². The van der Waals surface area contributed by atoms with Gasteiger partial charge in [0.05, 0.1) is 6.04 Å². The Morgan fingerprint density at radius 1 is 0.868 bits per heavy atom. The van der Waals surface area contributed by atoms with E-state index in [-0.39, 0.29) is 30.5 Å². The molecule has 0 spiro atoms. The van der Waals surface area contributed by atoms with Crippen LogP contribution in [-0.4, -0.2) is 77.7 Å². The largest absolute Gasteiger partial charge is 0.508 e. The van der Waals surface area contributed by atoms with Crippen molar-refractivity contribution in [2.75, 3.05) is 19.6 Å². The Bertz CT molecular complexity index is 906. The summed E-state index contributed by atoms with van der Waals surface area (Å²) in [7, 11) is 0. The molecule has 212 valence electrons. The SMILES string of the molecule is NCCCCC(NC(=O)C(CCCCN)NC(=O)C1CCCN1)C(=O)NC(Cc1ccc(O)cc1)C(=O)O. The Kier molecular flexibility index (Phi) is 13.5. The van der Waals surface area contributed by atoms with Crippen molar-refractivity contribution in [1.82, 2.24) is 21.3 Å². The average molecular weight is 535 g/mol. The molecule has 0 aromatic heterocycles. The van der Waals surface area contributed by atoms with Gasteiger partial charge in [0, 0.05) is 6.42 Å². The summed E-state index contributed by atoms with van der Waals surface area (Å²) >= 11 is 0. The van der Waals surface area contributed by atoms with Crippen LogP contribution >= 0.6 is 0 Å². The van der Waals surface area contributed by atoms with Gasteiger partial charge in [0.25, 0.3) is 0 Å². The first kappa shape index (κ1) is 31.0. The molecule has 1 heterocycles. The number of hydrogen-bond donors (Lipinski definition) is 8. The van der Waals surface area contributed by atoms with E-state index in [9.17, 15) is 29.4 Å². The van der Waals surface area contributed by atoms with Gasteiger partial charge in [0.1, 0.15) is 23.9 Å². The molecule has 1 aromatic carbocycles. The Balaban J connectivity index is 2.11. The van der Waals surface area contributed by atoms with Gasteiger partial charge in [0.15, 0.2) is 0 Å². The van der Waals surface area contributed by atoms with E-state index < -0.39 is 35.9 Å². The summed E-state index contributed by atoms with van der Waals surface area (Å²) in [5.41, 5.74) is 11.8. The zero-order valence-electron chi connectivity index (χ0n) is 21.8. The van der Waals surface area contributed by atoms with E-state index in [1.165, 1.54) is 12.1 Å². The predicted molar refractivity (Wildman–Crippen MR) is 142 cm³/mol. The number of carboxylic acid groups (broad SMARTS) is 1. The maximum absolute atomic E-state index is 13.3. The first-order valence-corrected chi connectivity index (χ1v) is 13.3. The lowest BCUT2D eigenvalue weighted by molar-refractivity contribution is -0.142. The number of benzene rings is 1. The van der Waals surface area contributed by atoms with E-state index in [2.05, 4.69) is 21.3 Å². The van der Waals surface area contributed by atoms with Crippen LogP contribution in [0.25, 0.3) is 0 Å². The quantitative estimate of drug-likeness (QED) is 0.121. The van der Waals surface area contributed by atoms with Gasteiger partial charge in [-0.2, -0.15) is 0 Å². The standard InChI is InChI=1S/C26H42N6O6/c27-13-3-1-6-20(30-23(34)19-8-5-15-29-19)24(35)31-21(7-2-4-14-28)25(36)32-22(26(37)38)16-17-9-11-18(33)12-10-17/h9-12,19-22,29,33H,1-8,13-16,27-28H2,(H,30,34)(H,31,35)(H,32,36)(H,37,38). The molecular weight excluding hydrogens is 492 g/mol. The van der Waals surface area contributed by atoms with Crippen molar-refractivity contribution in [2.24, 2.45) is 11.5 Å². The number of carboxylic acids is 1. The van der Waals surface area contributed by atoms with Crippen LogP contribution in [0.1, 0.15) is 56.9 Å². The number of unbranched alkanes of at least 4 members (excludes halogenated alkanes) is 2. The maximum atomic E-state index is 13.3. The minimum Gasteiger partial charge on any atom is -0.508 e. The highest BCUT2D eigenvalue weighted by Crippen LogP contribution is 2.13. The van der Waals surface area contributed by atoms with E-state index in [1.54, 1.807) is 12.1 Å². The van der Waals surface area contributed by atoms with Gasteiger partial charge in [-0.25, -0.2) is 4.79 Å². The fourth-order valence-electron chi connectivity index (χ4n) is 4.32.